The van der Waals surface area contributed by atoms with E-state index >= 15 is 0 Å². The average molecular weight is 261 g/mol. The number of nitrogens with zero attached hydrogens (tertiary/aromatic N) is 1. The van der Waals surface area contributed by atoms with Gasteiger partial charge >= 0.3 is 5.97 Å². The van der Waals surface area contributed by atoms with Crippen LogP contribution in [0.3, 0.4) is 0 Å². The summed E-state index contributed by atoms with van der Waals surface area (Å²) in [5, 5.41) is 9.02. The van der Waals surface area contributed by atoms with Crippen LogP contribution in [0.2, 0.25) is 0 Å². The van der Waals surface area contributed by atoms with Crippen molar-refractivity contribution >= 4 is 23.1 Å². The number of aliphatic hydroxyl groups is 1. The molecule has 5 heteroatoms. The van der Waals surface area contributed by atoms with Crippen LogP contribution in [0.15, 0.2) is 30.3 Å². The molecule has 1 aliphatic heterocycles. The van der Waals surface area contributed by atoms with Crippen molar-refractivity contribution < 1.29 is 19.4 Å². The number of hydrogen-bond donors (Lipinski definition) is 1. The Kier molecular flexibility index (Phi) is 3.97. The molecule has 0 atom stereocenters. The second-order valence-electron chi connectivity index (χ2n) is 4.01. The second kappa shape index (κ2) is 5.67. The number of esters is 1. The molecule has 1 aromatic rings. The van der Waals surface area contributed by atoms with Crippen LogP contribution in [-0.2, 0) is 14.3 Å². The monoisotopic (exact) mass is 261 g/mol. The Morgan fingerprint density at radius 1 is 1.42 bits per heavy atom. The first-order chi connectivity index (χ1) is 9.19. The van der Waals surface area contributed by atoms with Crippen LogP contribution in [0.1, 0.15) is 12.5 Å². The molecule has 0 saturated carbocycles. The molecule has 1 amide bonds. The summed E-state index contributed by atoms with van der Waals surface area (Å²) in [6, 6.07) is 7.17. The number of fused-ring (bicyclic) bond motifs is 1. The van der Waals surface area contributed by atoms with Crippen LogP contribution < -0.4 is 4.90 Å². The second-order valence-corrected chi connectivity index (χ2v) is 4.01. The fourth-order valence-electron chi connectivity index (χ4n) is 2.07. The Bertz CT molecular complexity index is 536. The Labute approximate surface area is 111 Å². The minimum Gasteiger partial charge on any atom is -0.463 e. The van der Waals surface area contributed by atoms with Gasteiger partial charge in [0.1, 0.15) is 0 Å². The van der Waals surface area contributed by atoms with Gasteiger partial charge in [0.05, 0.1) is 24.5 Å². The summed E-state index contributed by atoms with van der Waals surface area (Å²) >= 11 is 0. The summed E-state index contributed by atoms with van der Waals surface area (Å²) in [7, 11) is 0. The number of aliphatic hydroxyl groups excluding tert-OH is 1. The van der Waals surface area contributed by atoms with Crippen LogP contribution in [-0.4, -0.2) is 36.7 Å². The zero-order valence-corrected chi connectivity index (χ0v) is 10.6. The van der Waals surface area contributed by atoms with Crippen LogP contribution in [0.25, 0.3) is 5.57 Å². The molecule has 0 spiro atoms. The maximum Gasteiger partial charge on any atom is 0.331 e. The Morgan fingerprint density at radius 2 is 2.16 bits per heavy atom. The molecule has 0 bridgehead atoms. The number of carbonyl (C=O) groups excluding carboxylic acids is 2. The highest BCUT2D eigenvalue weighted by molar-refractivity contribution is 6.34. The minimum absolute atomic E-state index is 0.132. The first kappa shape index (κ1) is 13.3. The number of hydrogen-bond acceptors (Lipinski definition) is 4. The van der Waals surface area contributed by atoms with Crippen molar-refractivity contribution in [3.05, 3.63) is 35.9 Å². The van der Waals surface area contributed by atoms with Gasteiger partial charge in [0.25, 0.3) is 5.91 Å². The number of β-amino-alcohol motifs (C(OH)–C–C–N with tert-alkyl or cyclic N) is 1. The van der Waals surface area contributed by atoms with E-state index in [1.165, 1.54) is 11.0 Å². The zero-order chi connectivity index (χ0) is 13.8. The molecule has 1 heterocycles. The van der Waals surface area contributed by atoms with Crippen molar-refractivity contribution in [1.82, 2.24) is 0 Å². The maximum atomic E-state index is 12.2. The third kappa shape index (κ3) is 2.51. The standard InChI is InChI=1S/C14H15NO4/c1-2-19-13(17)9-11-10-5-3-4-6-12(10)15(7-8-16)14(11)18/h3-6,9,16H,2,7-8H2,1H3. The summed E-state index contributed by atoms with van der Waals surface area (Å²) in [6.45, 7) is 2.04. The fourth-order valence-corrected chi connectivity index (χ4v) is 2.07. The van der Waals surface area contributed by atoms with Crippen molar-refractivity contribution in [3.8, 4) is 0 Å². The highest BCUT2D eigenvalue weighted by Gasteiger charge is 2.32. The largest absolute Gasteiger partial charge is 0.463 e. The topological polar surface area (TPSA) is 66.8 Å². The van der Waals surface area contributed by atoms with E-state index in [1.54, 1.807) is 25.1 Å². The lowest BCUT2D eigenvalue weighted by Gasteiger charge is -2.14. The van der Waals surface area contributed by atoms with E-state index in [0.29, 0.717) is 16.8 Å². The minimum atomic E-state index is -0.536. The first-order valence-corrected chi connectivity index (χ1v) is 6.09. The Morgan fingerprint density at radius 3 is 2.84 bits per heavy atom. The molecule has 1 aliphatic rings. The molecule has 0 radical (unpaired) electrons. The average Bonchev–Trinajstić information content (AvgIpc) is 2.66. The van der Waals surface area contributed by atoms with E-state index in [2.05, 4.69) is 0 Å². The van der Waals surface area contributed by atoms with Gasteiger partial charge in [-0.3, -0.25) is 4.79 Å². The highest BCUT2D eigenvalue weighted by Crippen LogP contribution is 2.36. The van der Waals surface area contributed by atoms with Gasteiger partial charge in [-0.15, -0.1) is 0 Å². The zero-order valence-electron chi connectivity index (χ0n) is 10.6. The summed E-state index contributed by atoms with van der Waals surface area (Å²) in [4.78, 5) is 25.2. The predicted molar refractivity (Wildman–Crippen MR) is 70.5 cm³/mol. The molecule has 0 aromatic heterocycles. The lowest BCUT2D eigenvalue weighted by molar-refractivity contribution is -0.137. The van der Waals surface area contributed by atoms with Gasteiger partial charge in [-0.2, -0.15) is 0 Å². The van der Waals surface area contributed by atoms with Crippen LogP contribution in [0.5, 0.6) is 0 Å². The van der Waals surface area contributed by atoms with Gasteiger partial charge in [0.15, 0.2) is 0 Å². The van der Waals surface area contributed by atoms with Gasteiger partial charge in [-0.05, 0) is 13.0 Å². The third-order valence-electron chi connectivity index (χ3n) is 2.83. The molecule has 0 unspecified atom stereocenters. The molecule has 100 valence electrons. The summed E-state index contributed by atoms with van der Waals surface area (Å²) < 4.78 is 4.83. The number of anilines is 1. The summed E-state index contributed by atoms with van der Waals surface area (Å²) in [5.41, 5.74) is 1.70. The van der Waals surface area contributed by atoms with Gasteiger partial charge in [-0.1, -0.05) is 18.2 Å². The summed E-state index contributed by atoms with van der Waals surface area (Å²) in [6.07, 6.45) is 1.21. The van der Waals surface area contributed by atoms with Crippen molar-refractivity contribution in [2.24, 2.45) is 0 Å². The molecule has 0 aliphatic carbocycles. The van der Waals surface area contributed by atoms with E-state index in [0.717, 1.165) is 0 Å². The number of benzene rings is 1. The molecule has 0 saturated heterocycles. The van der Waals surface area contributed by atoms with Crippen molar-refractivity contribution in [2.45, 2.75) is 6.92 Å². The van der Waals surface area contributed by atoms with E-state index in [9.17, 15) is 9.59 Å². The number of ether oxygens (including phenoxy) is 1. The first-order valence-electron chi connectivity index (χ1n) is 6.09. The molecule has 2 rings (SSSR count). The highest BCUT2D eigenvalue weighted by atomic mass is 16.5. The molecule has 19 heavy (non-hydrogen) atoms. The van der Waals surface area contributed by atoms with Crippen molar-refractivity contribution in [2.75, 3.05) is 24.7 Å². The SMILES string of the molecule is CCOC(=O)C=C1C(=O)N(CCO)c2ccccc21. The smallest absolute Gasteiger partial charge is 0.331 e. The lowest BCUT2D eigenvalue weighted by Crippen LogP contribution is -2.29. The van der Waals surface area contributed by atoms with Crippen LogP contribution in [0, 0.1) is 0 Å². The molecule has 1 aromatic carbocycles. The maximum absolute atomic E-state index is 12.2. The fraction of sp³-hybridized carbons (Fsp3) is 0.286. The van der Waals surface area contributed by atoms with E-state index in [1.807, 2.05) is 6.07 Å². The van der Waals surface area contributed by atoms with Gasteiger partial charge < -0.3 is 14.7 Å². The molecule has 1 N–H and O–H groups in total. The van der Waals surface area contributed by atoms with E-state index in [4.69, 9.17) is 9.84 Å². The molecule has 0 fully saturated rings. The van der Waals surface area contributed by atoms with Gasteiger partial charge in [0.2, 0.25) is 0 Å². The number of carbonyl (C=O) groups is 2. The van der Waals surface area contributed by atoms with Crippen LogP contribution in [0.4, 0.5) is 5.69 Å². The number of amides is 1. The van der Waals surface area contributed by atoms with E-state index < -0.39 is 5.97 Å². The Hall–Kier alpha value is -2.14. The normalized spacial score (nSPS) is 15.8. The number of para-hydroxylation sites is 1. The lowest BCUT2D eigenvalue weighted by atomic mass is 10.1. The van der Waals surface area contributed by atoms with E-state index in [-0.39, 0.29) is 25.7 Å². The molecule has 5 nitrogen and oxygen atoms in total. The third-order valence-corrected chi connectivity index (χ3v) is 2.83. The van der Waals surface area contributed by atoms with Crippen molar-refractivity contribution in [1.29, 1.82) is 0 Å². The van der Waals surface area contributed by atoms with Gasteiger partial charge in [-0.25, -0.2) is 4.79 Å². The quantitative estimate of drug-likeness (QED) is 0.648. The predicted octanol–water partition coefficient (Wildman–Crippen LogP) is 0.972. The molecular weight excluding hydrogens is 246 g/mol. The Balaban J connectivity index is 2.41. The van der Waals surface area contributed by atoms with Crippen molar-refractivity contribution in [3.63, 3.8) is 0 Å². The summed E-state index contributed by atoms with van der Waals surface area (Å²) in [5.74, 6) is -0.824. The van der Waals surface area contributed by atoms with Gasteiger partial charge in [0, 0.05) is 18.2 Å². The van der Waals surface area contributed by atoms with Crippen LogP contribution >= 0.6 is 0 Å². The number of rotatable bonds is 4. The molecular formula is C14H15NO4.